The zero-order valence-corrected chi connectivity index (χ0v) is 12.0. The van der Waals surface area contributed by atoms with Crippen molar-refractivity contribution in [1.29, 1.82) is 0 Å². The number of benzene rings is 1. The molecular weight excluding hydrogens is 276 g/mol. The summed E-state index contributed by atoms with van der Waals surface area (Å²) in [5.41, 5.74) is 7.18. The fourth-order valence-electron chi connectivity index (χ4n) is 2.78. The fourth-order valence-corrected chi connectivity index (χ4v) is 2.78. The molecule has 0 saturated carbocycles. The van der Waals surface area contributed by atoms with Crippen molar-refractivity contribution in [2.45, 2.75) is 25.3 Å². The van der Waals surface area contributed by atoms with Crippen molar-refractivity contribution >= 4 is 29.2 Å². The van der Waals surface area contributed by atoms with Gasteiger partial charge in [0.05, 0.1) is 5.52 Å². The van der Waals surface area contributed by atoms with Gasteiger partial charge in [0.2, 0.25) is 0 Å². The maximum atomic E-state index is 12.6. The molecule has 0 radical (unpaired) electrons. The number of nitrogens with two attached hydrogens (primary N) is 1. The highest BCUT2D eigenvalue weighted by Gasteiger charge is 2.28. The first-order chi connectivity index (χ1) is 9.31. The normalized spacial score (nSPS) is 18.9. The fraction of sp³-hybridized carbons (Fsp3) is 0.429. The highest BCUT2D eigenvalue weighted by atomic mass is 35.5. The molecule has 1 aliphatic heterocycles. The minimum absolute atomic E-state index is 0. The highest BCUT2D eigenvalue weighted by molar-refractivity contribution is 6.04. The predicted octanol–water partition coefficient (Wildman–Crippen LogP) is 1.94. The van der Waals surface area contributed by atoms with Gasteiger partial charge in [0.15, 0.2) is 5.69 Å². The van der Waals surface area contributed by atoms with E-state index in [0.717, 1.165) is 36.7 Å². The molecule has 6 heteroatoms. The Kier molecular flexibility index (Phi) is 4.62. The van der Waals surface area contributed by atoms with Gasteiger partial charge >= 0.3 is 0 Å². The van der Waals surface area contributed by atoms with E-state index in [1.54, 1.807) is 0 Å². The number of nitrogens with zero attached hydrogens (tertiary/aromatic N) is 2. The van der Waals surface area contributed by atoms with Crippen molar-refractivity contribution < 1.29 is 4.79 Å². The molecule has 0 aliphatic carbocycles. The van der Waals surface area contributed by atoms with Crippen LogP contribution in [0.2, 0.25) is 0 Å². The molecule has 1 aromatic heterocycles. The molecule has 3 rings (SSSR count). The molecule has 108 valence electrons. The summed E-state index contributed by atoms with van der Waals surface area (Å²) < 4.78 is 0. The van der Waals surface area contributed by atoms with E-state index in [1.807, 2.05) is 29.2 Å². The van der Waals surface area contributed by atoms with Crippen molar-refractivity contribution in [3.63, 3.8) is 0 Å². The van der Waals surface area contributed by atoms with Gasteiger partial charge in [-0.05, 0) is 25.3 Å². The van der Waals surface area contributed by atoms with Crippen LogP contribution >= 0.6 is 12.4 Å². The maximum absolute atomic E-state index is 12.6. The third-order valence-electron chi connectivity index (χ3n) is 3.83. The van der Waals surface area contributed by atoms with Crippen LogP contribution in [0.4, 0.5) is 0 Å². The second-order valence-electron chi connectivity index (χ2n) is 5.00. The average Bonchev–Trinajstić information content (AvgIpc) is 2.90. The largest absolute Gasteiger partial charge is 0.333 e. The van der Waals surface area contributed by atoms with Crippen LogP contribution in [0.15, 0.2) is 24.3 Å². The van der Waals surface area contributed by atoms with Gasteiger partial charge < -0.3 is 10.6 Å². The number of rotatable bonds is 2. The molecule has 2 aromatic rings. The van der Waals surface area contributed by atoms with Crippen LogP contribution in [-0.2, 0) is 0 Å². The third-order valence-corrected chi connectivity index (χ3v) is 3.83. The number of piperidine rings is 1. The number of amides is 1. The molecule has 0 spiro atoms. The first-order valence-electron chi connectivity index (χ1n) is 6.75. The van der Waals surface area contributed by atoms with Gasteiger partial charge in [0.1, 0.15) is 0 Å². The standard InChI is InChI=1S/C14H18N4O.ClH/c15-9-10-5-3-4-8-18(10)14(19)13-11-6-1-2-7-12(11)16-17-13;/h1-2,6-7,10H,3-5,8-9,15H2,(H,16,17);1H. The summed E-state index contributed by atoms with van der Waals surface area (Å²) in [6.45, 7) is 1.30. The topological polar surface area (TPSA) is 75.0 Å². The predicted molar refractivity (Wildman–Crippen MR) is 81.1 cm³/mol. The van der Waals surface area contributed by atoms with E-state index in [4.69, 9.17) is 5.73 Å². The Morgan fingerprint density at radius 1 is 1.40 bits per heavy atom. The molecule has 1 atom stereocenters. The van der Waals surface area contributed by atoms with Crippen LogP contribution in [0.25, 0.3) is 10.9 Å². The summed E-state index contributed by atoms with van der Waals surface area (Å²) in [5.74, 6) is -0.00685. The van der Waals surface area contributed by atoms with E-state index in [9.17, 15) is 4.79 Å². The molecule has 0 bridgehead atoms. The lowest BCUT2D eigenvalue weighted by molar-refractivity contribution is 0.0619. The number of fused-ring (bicyclic) bond motifs is 1. The summed E-state index contributed by atoms with van der Waals surface area (Å²) in [5, 5.41) is 7.98. The maximum Gasteiger partial charge on any atom is 0.275 e. The number of hydrogen-bond donors (Lipinski definition) is 2. The minimum atomic E-state index is -0.00685. The number of carbonyl (C=O) groups is 1. The number of H-pyrrole nitrogens is 1. The van der Waals surface area contributed by atoms with Crippen LogP contribution in [0.5, 0.6) is 0 Å². The lowest BCUT2D eigenvalue weighted by atomic mass is 10.0. The first-order valence-corrected chi connectivity index (χ1v) is 6.75. The quantitative estimate of drug-likeness (QED) is 0.889. The molecule has 1 aliphatic rings. The van der Waals surface area contributed by atoms with Gasteiger partial charge in [-0.1, -0.05) is 18.2 Å². The number of aromatic nitrogens is 2. The molecule has 1 saturated heterocycles. The van der Waals surface area contributed by atoms with E-state index in [0.29, 0.717) is 12.2 Å². The zero-order valence-electron chi connectivity index (χ0n) is 11.2. The Balaban J connectivity index is 0.00000147. The third kappa shape index (κ3) is 2.51. The molecule has 1 unspecified atom stereocenters. The molecule has 3 N–H and O–H groups in total. The van der Waals surface area contributed by atoms with Crippen molar-refractivity contribution in [2.75, 3.05) is 13.1 Å². The molecule has 2 heterocycles. The summed E-state index contributed by atoms with van der Waals surface area (Å²) in [6, 6.07) is 7.85. The lowest BCUT2D eigenvalue weighted by Crippen LogP contribution is -2.47. The molecule has 1 amide bonds. The van der Waals surface area contributed by atoms with E-state index in [-0.39, 0.29) is 24.4 Å². The van der Waals surface area contributed by atoms with Gasteiger partial charge in [-0.2, -0.15) is 5.10 Å². The molecule has 20 heavy (non-hydrogen) atoms. The number of halogens is 1. The molecule has 5 nitrogen and oxygen atoms in total. The zero-order chi connectivity index (χ0) is 13.2. The number of aromatic amines is 1. The molecule has 1 aromatic carbocycles. The van der Waals surface area contributed by atoms with Gasteiger partial charge in [-0.25, -0.2) is 0 Å². The number of para-hydroxylation sites is 1. The second kappa shape index (κ2) is 6.24. The molecule has 1 fully saturated rings. The van der Waals surface area contributed by atoms with Gasteiger partial charge in [-0.15, -0.1) is 12.4 Å². The Morgan fingerprint density at radius 2 is 2.20 bits per heavy atom. The lowest BCUT2D eigenvalue weighted by Gasteiger charge is -2.34. The van der Waals surface area contributed by atoms with Crippen LogP contribution < -0.4 is 5.73 Å². The number of hydrogen-bond acceptors (Lipinski definition) is 3. The monoisotopic (exact) mass is 294 g/mol. The van der Waals surface area contributed by atoms with E-state index in [1.165, 1.54) is 0 Å². The van der Waals surface area contributed by atoms with Crippen LogP contribution in [0.1, 0.15) is 29.8 Å². The Bertz CT molecular complexity index is 598. The summed E-state index contributed by atoms with van der Waals surface area (Å²) in [7, 11) is 0. The Labute approximate surface area is 123 Å². The number of carbonyl (C=O) groups excluding carboxylic acids is 1. The summed E-state index contributed by atoms with van der Waals surface area (Å²) in [4.78, 5) is 14.5. The van der Waals surface area contributed by atoms with Crippen LogP contribution in [-0.4, -0.2) is 40.1 Å². The van der Waals surface area contributed by atoms with Crippen LogP contribution in [0, 0.1) is 0 Å². The summed E-state index contributed by atoms with van der Waals surface area (Å²) >= 11 is 0. The second-order valence-corrected chi connectivity index (χ2v) is 5.00. The first kappa shape index (κ1) is 14.8. The van der Waals surface area contributed by atoms with Crippen LogP contribution in [0.3, 0.4) is 0 Å². The number of likely N-dealkylation sites (tertiary alicyclic amines) is 1. The van der Waals surface area contributed by atoms with Gasteiger partial charge in [-0.3, -0.25) is 9.89 Å². The van der Waals surface area contributed by atoms with E-state index in [2.05, 4.69) is 10.2 Å². The number of nitrogens with one attached hydrogen (secondary N) is 1. The van der Waals surface area contributed by atoms with Crippen molar-refractivity contribution in [2.24, 2.45) is 5.73 Å². The SMILES string of the molecule is Cl.NCC1CCCCN1C(=O)c1n[nH]c2ccccc12. The Hall–Kier alpha value is -1.59. The summed E-state index contributed by atoms with van der Waals surface area (Å²) in [6.07, 6.45) is 3.18. The van der Waals surface area contributed by atoms with Gasteiger partial charge in [0, 0.05) is 24.5 Å². The van der Waals surface area contributed by atoms with Crippen molar-refractivity contribution in [3.8, 4) is 0 Å². The van der Waals surface area contributed by atoms with E-state index >= 15 is 0 Å². The smallest absolute Gasteiger partial charge is 0.275 e. The highest BCUT2D eigenvalue weighted by Crippen LogP contribution is 2.22. The minimum Gasteiger partial charge on any atom is -0.333 e. The average molecular weight is 295 g/mol. The Morgan fingerprint density at radius 3 is 3.00 bits per heavy atom. The molecular formula is C14H19ClN4O. The van der Waals surface area contributed by atoms with Crippen molar-refractivity contribution in [1.82, 2.24) is 15.1 Å². The van der Waals surface area contributed by atoms with Crippen molar-refractivity contribution in [3.05, 3.63) is 30.0 Å². The van der Waals surface area contributed by atoms with Gasteiger partial charge in [0.25, 0.3) is 5.91 Å². The van der Waals surface area contributed by atoms with E-state index < -0.39 is 0 Å².